The fourth-order valence-electron chi connectivity index (χ4n) is 2.65. The van der Waals surface area contributed by atoms with Crippen LogP contribution in [0.1, 0.15) is 29.2 Å². The number of rotatable bonds is 4. The van der Waals surface area contributed by atoms with Crippen LogP contribution in [0.3, 0.4) is 0 Å². The van der Waals surface area contributed by atoms with Gasteiger partial charge in [0.2, 0.25) is 5.91 Å². The Labute approximate surface area is 143 Å². The molecule has 0 aliphatic rings. The molecule has 1 amide bonds. The Morgan fingerprint density at radius 2 is 1.42 bits per heavy atom. The van der Waals surface area contributed by atoms with Gasteiger partial charge in [-0.25, -0.2) is 8.42 Å². The molecule has 2 aromatic carbocycles. The van der Waals surface area contributed by atoms with E-state index in [9.17, 15) is 13.2 Å². The summed E-state index contributed by atoms with van der Waals surface area (Å²) in [6.07, 6.45) is 0. The lowest BCUT2D eigenvalue weighted by Crippen LogP contribution is -2.18. The lowest BCUT2D eigenvalue weighted by Gasteiger charge is -2.18. The van der Waals surface area contributed by atoms with Gasteiger partial charge in [0.15, 0.2) is 0 Å². The van der Waals surface area contributed by atoms with Crippen LogP contribution in [0.5, 0.6) is 0 Å². The smallest absolute Gasteiger partial charge is 0.262 e. The number of nitrogens with one attached hydrogen (secondary N) is 2. The highest BCUT2D eigenvalue weighted by Gasteiger charge is 2.23. The lowest BCUT2D eigenvalue weighted by atomic mass is 10.0. The van der Waals surface area contributed by atoms with Crippen molar-refractivity contribution in [3.8, 4) is 0 Å². The molecule has 0 aromatic heterocycles. The molecule has 5 nitrogen and oxygen atoms in total. The lowest BCUT2D eigenvalue weighted by molar-refractivity contribution is -0.114. The van der Waals surface area contributed by atoms with Crippen LogP contribution in [0.25, 0.3) is 0 Å². The van der Waals surface area contributed by atoms with Crippen LogP contribution < -0.4 is 10.0 Å². The molecule has 0 atom stereocenters. The molecule has 6 heteroatoms. The summed E-state index contributed by atoms with van der Waals surface area (Å²) in [4.78, 5) is 11.6. The third kappa shape index (κ3) is 3.59. The fourth-order valence-corrected chi connectivity index (χ4v) is 4.35. The SMILES string of the molecule is CC(=O)Nc1ccccc1NS(=O)(=O)c1c(C)c(C)cc(C)c1C. The number of carbonyl (C=O) groups is 1. The monoisotopic (exact) mass is 346 g/mol. The molecular weight excluding hydrogens is 324 g/mol. The summed E-state index contributed by atoms with van der Waals surface area (Å²) < 4.78 is 28.5. The van der Waals surface area contributed by atoms with Gasteiger partial charge in [0.25, 0.3) is 10.0 Å². The van der Waals surface area contributed by atoms with Crippen molar-refractivity contribution >= 4 is 27.3 Å². The third-order valence-electron chi connectivity index (χ3n) is 4.05. The number of carbonyl (C=O) groups excluding carboxylic acids is 1. The molecular formula is C18H22N2O3S. The van der Waals surface area contributed by atoms with Gasteiger partial charge in [-0.15, -0.1) is 0 Å². The zero-order valence-electron chi connectivity index (χ0n) is 14.5. The first kappa shape index (κ1) is 18.0. The van der Waals surface area contributed by atoms with Crippen molar-refractivity contribution in [1.29, 1.82) is 0 Å². The van der Waals surface area contributed by atoms with E-state index in [0.29, 0.717) is 11.4 Å². The Bertz CT molecular complexity index is 876. The van der Waals surface area contributed by atoms with Crippen LogP contribution in [0.15, 0.2) is 35.2 Å². The fraction of sp³-hybridized carbons (Fsp3) is 0.278. The van der Waals surface area contributed by atoms with E-state index >= 15 is 0 Å². The minimum atomic E-state index is -3.78. The van der Waals surface area contributed by atoms with E-state index in [4.69, 9.17) is 0 Å². The summed E-state index contributed by atoms with van der Waals surface area (Å²) in [7, 11) is -3.78. The zero-order valence-corrected chi connectivity index (χ0v) is 15.3. The predicted octanol–water partition coefficient (Wildman–Crippen LogP) is 3.68. The van der Waals surface area contributed by atoms with Crippen LogP contribution in [0.2, 0.25) is 0 Å². The Morgan fingerprint density at radius 1 is 0.917 bits per heavy atom. The Hall–Kier alpha value is -2.34. The predicted molar refractivity (Wildman–Crippen MR) is 96.9 cm³/mol. The second-order valence-corrected chi connectivity index (χ2v) is 7.54. The van der Waals surface area contributed by atoms with Crippen molar-refractivity contribution in [2.75, 3.05) is 10.0 Å². The molecule has 2 aromatic rings. The molecule has 128 valence electrons. The van der Waals surface area contributed by atoms with E-state index < -0.39 is 10.0 Å². The van der Waals surface area contributed by atoms with Crippen LogP contribution in [-0.4, -0.2) is 14.3 Å². The second kappa shape index (κ2) is 6.65. The molecule has 24 heavy (non-hydrogen) atoms. The van der Waals surface area contributed by atoms with Crippen molar-refractivity contribution < 1.29 is 13.2 Å². The van der Waals surface area contributed by atoms with E-state index in [0.717, 1.165) is 22.3 Å². The second-order valence-electron chi connectivity index (χ2n) is 5.92. The van der Waals surface area contributed by atoms with E-state index in [1.165, 1.54) is 6.92 Å². The summed E-state index contributed by atoms with van der Waals surface area (Å²) in [6, 6.07) is 8.70. The molecule has 0 fully saturated rings. The molecule has 0 unspecified atom stereocenters. The summed E-state index contributed by atoms with van der Waals surface area (Å²) in [5.74, 6) is -0.264. The van der Waals surface area contributed by atoms with Crippen LogP contribution in [0, 0.1) is 27.7 Å². The molecule has 0 bridgehead atoms. The van der Waals surface area contributed by atoms with Crippen LogP contribution in [0.4, 0.5) is 11.4 Å². The Balaban J connectivity index is 2.54. The van der Waals surface area contributed by atoms with Gasteiger partial charge < -0.3 is 5.32 Å². The molecule has 0 aliphatic carbocycles. The third-order valence-corrected chi connectivity index (χ3v) is 5.69. The van der Waals surface area contributed by atoms with E-state index in [1.54, 1.807) is 38.1 Å². The van der Waals surface area contributed by atoms with Crippen molar-refractivity contribution in [2.45, 2.75) is 39.5 Å². The van der Waals surface area contributed by atoms with Gasteiger partial charge in [0, 0.05) is 6.92 Å². The maximum absolute atomic E-state index is 13.0. The number of sulfonamides is 1. The quantitative estimate of drug-likeness (QED) is 0.887. The van der Waals surface area contributed by atoms with Gasteiger partial charge in [-0.3, -0.25) is 9.52 Å². The average Bonchev–Trinajstić information content (AvgIpc) is 2.46. The number of hydrogen-bond donors (Lipinski definition) is 2. The Morgan fingerprint density at radius 3 is 1.92 bits per heavy atom. The van der Waals surface area contributed by atoms with Crippen molar-refractivity contribution in [3.63, 3.8) is 0 Å². The molecule has 0 saturated carbocycles. The van der Waals surface area contributed by atoms with E-state index in [2.05, 4.69) is 10.0 Å². The van der Waals surface area contributed by atoms with Crippen LogP contribution >= 0.6 is 0 Å². The number of anilines is 2. The summed E-state index contributed by atoms with van der Waals surface area (Å²) >= 11 is 0. The topological polar surface area (TPSA) is 75.3 Å². The number of benzene rings is 2. The summed E-state index contributed by atoms with van der Waals surface area (Å²) in [6.45, 7) is 8.77. The average molecular weight is 346 g/mol. The van der Waals surface area contributed by atoms with Gasteiger partial charge >= 0.3 is 0 Å². The first-order valence-electron chi connectivity index (χ1n) is 7.60. The molecule has 0 saturated heterocycles. The van der Waals surface area contributed by atoms with Gasteiger partial charge in [0.05, 0.1) is 16.3 Å². The van der Waals surface area contributed by atoms with E-state index in [-0.39, 0.29) is 10.8 Å². The minimum absolute atomic E-state index is 0.264. The maximum atomic E-state index is 13.0. The normalized spacial score (nSPS) is 11.2. The first-order valence-corrected chi connectivity index (χ1v) is 9.08. The van der Waals surface area contributed by atoms with Gasteiger partial charge in [0.1, 0.15) is 0 Å². The number of amides is 1. The van der Waals surface area contributed by atoms with Gasteiger partial charge in [-0.05, 0) is 62.1 Å². The van der Waals surface area contributed by atoms with E-state index in [1.807, 2.05) is 19.9 Å². The Kier molecular flexibility index (Phi) is 4.99. The molecule has 0 radical (unpaired) electrons. The first-order chi connectivity index (χ1) is 11.1. The highest BCUT2D eigenvalue weighted by atomic mass is 32.2. The number of aryl methyl sites for hydroxylation is 2. The van der Waals surface area contributed by atoms with Gasteiger partial charge in [-0.2, -0.15) is 0 Å². The van der Waals surface area contributed by atoms with Crippen molar-refractivity contribution in [1.82, 2.24) is 0 Å². The minimum Gasteiger partial charge on any atom is -0.325 e. The maximum Gasteiger partial charge on any atom is 0.262 e. The van der Waals surface area contributed by atoms with Crippen LogP contribution in [-0.2, 0) is 14.8 Å². The number of hydrogen-bond acceptors (Lipinski definition) is 3. The highest BCUT2D eigenvalue weighted by Crippen LogP contribution is 2.30. The molecule has 0 heterocycles. The summed E-state index contributed by atoms with van der Waals surface area (Å²) in [5, 5.41) is 2.63. The largest absolute Gasteiger partial charge is 0.325 e. The zero-order chi connectivity index (χ0) is 18.1. The highest BCUT2D eigenvalue weighted by molar-refractivity contribution is 7.92. The molecule has 2 rings (SSSR count). The van der Waals surface area contributed by atoms with Crippen molar-refractivity contribution in [2.24, 2.45) is 0 Å². The standard InChI is InChI=1S/C18H22N2O3S/c1-11-10-12(2)14(4)18(13(11)3)24(22,23)20-17-9-7-6-8-16(17)19-15(5)21/h6-10,20H,1-5H3,(H,19,21). The summed E-state index contributed by atoms with van der Waals surface area (Å²) in [5.41, 5.74) is 4.06. The number of para-hydroxylation sites is 2. The molecule has 0 aliphatic heterocycles. The molecule has 2 N–H and O–H groups in total. The molecule has 0 spiro atoms. The van der Waals surface area contributed by atoms with Crippen molar-refractivity contribution in [3.05, 3.63) is 52.6 Å². The van der Waals surface area contributed by atoms with Gasteiger partial charge in [-0.1, -0.05) is 18.2 Å².